The van der Waals surface area contributed by atoms with E-state index in [-0.39, 0.29) is 28.3 Å². The summed E-state index contributed by atoms with van der Waals surface area (Å²) in [6.07, 6.45) is 0.689. The lowest BCUT2D eigenvalue weighted by Crippen LogP contribution is -2.44. The Morgan fingerprint density at radius 3 is 2.57 bits per heavy atom. The van der Waals surface area contributed by atoms with E-state index in [1.165, 1.54) is 37.5 Å². The van der Waals surface area contributed by atoms with Crippen molar-refractivity contribution in [1.29, 1.82) is 0 Å². The third-order valence-electron chi connectivity index (χ3n) is 5.62. The number of alkyl halides is 2. The number of carbonyl (C=O) groups excluding carboxylic acids is 1. The third kappa shape index (κ3) is 6.88. The van der Waals surface area contributed by atoms with Gasteiger partial charge in [-0.2, -0.15) is 13.8 Å². The highest BCUT2D eigenvalue weighted by Crippen LogP contribution is 2.34. The minimum absolute atomic E-state index is 0.0415. The smallest absolute Gasteiger partial charge is 0.420 e. The number of piperazine rings is 1. The summed E-state index contributed by atoms with van der Waals surface area (Å²) < 4.78 is 36.4. The molecular formula is C24H24Cl2F2N6O3. The van der Waals surface area contributed by atoms with Gasteiger partial charge in [0.05, 0.1) is 10.7 Å². The van der Waals surface area contributed by atoms with Crippen LogP contribution in [0.2, 0.25) is 10.0 Å². The first-order chi connectivity index (χ1) is 17.7. The first-order valence-corrected chi connectivity index (χ1v) is 12.0. The second-order valence-electron chi connectivity index (χ2n) is 8.22. The molecule has 1 aromatic heterocycles. The molecule has 4 rings (SSSR count). The second-order valence-corrected chi connectivity index (χ2v) is 9.06. The highest BCUT2D eigenvalue weighted by molar-refractivity contribution is 6.34. The first kappa shape index (κ1) is 26.6. The highest BCUT2D eigenvalue weighted by Gasteiger charge is 2.21. The number of aromatic nitrogens is 2. The molecule has 196 valence electrons. The summed E-state index contributed by atoms with van der Waals surface area (Å²) in [5.74, 6) is 0.497. The standard InChI is InChI=1S/C24H24Cl2F2N6O3/c1-32-9-11-34(12-10-32)18-6-4-16(14-20(18)36-22(27)28)30-23-29-8-7-21(31-23)33(2)24(35)37-19-13-15(25)3-5-17(19)26/h3-8,13-14,22H,9-12H2,1-2H3,(H,29,30,31). The molecule has 0 atom stereocenters. The number of ether oxygens (including phenoxy) is 2. The molecule has 1 aliphatic heterocycles. The minimum Gasteiger partial charge on any atom is -0.433 e. The molecule has 0 unspecified atom stereocenters. The molecule has 13 heteroatoms. The van der Waals surface area contributed by atoms with Gasteiger partial charge in [0.25, 0.3) is 0 Å². The van der Waals surface area contributed by atoms with Gasteiger partial charge in [-0.25, -0.2) is 9.78 Å². The fourth-order valence-corrected chi connectivity index (χ4v) is 3.95. The molecule has 0 aliphatic carbocycles. The molecule has 2 aromatic carbocycles. The van der Waals surface area contributed by atoms with Crippen molar-refractivity contribution in [3.63, 3.8) is 0 Å². The van der Waals surface area contributed by atoms with E-state index in [0.29, 0.717) is 29.5 Å². The van der Waals surface area contributed by atoms with Crippen LogP contribution in [0.3, 0.4) is 0 Å². The largest absolute Gasteiger partial charge is 0.433 e. The van der Waals surface area contributed by atoms with Crippen LogP contribution in [-0.2, 0) is 0 Å². The van der Waals surface area contributed by atoms with E-state index in [1.807, 2.05) is 11.9 Å². The summed E-state index contributed by atoms with van der Waals surface area (Å²) in [4.78, 5) is 26.4. The van der Waals surface area contributed by atoms with Gasteiger partial charge in [0.15, 0.2) is 11.5 Å². The van der Waals surface area contributed by atoms with Crippen LogP contribution >= 0.6 is 23.2 Å². The van der Waals surface area contributed by atoms with Gasteiger partial charge in [-0.15, -0.1) is 0 Å². The molecule has 0 spiro atoms. The summed E-state index contributed by atoms with van der Waals surface area (Å²) in [7, 11) is 3.48. The molecule has 1 amide bonds. The fraction of sp³-hybridized carbons (Fsp3) is 0.292. The van der Waals surface area contributed by atoms with Gasteiger partial charge in [0, 0.05) is 62.3 Å². The van der Waals surface area contributed by atoms with Crippen LogP contribution in [0.25, 0.3) is 0 Å². The average Bonchev–Trinajstić information content (AvgIpc) is 2.86. The van der Waals surface area contributed by atoms with Crippen molar-refractivity contribution < 1.29 is 23.0 Å². The van der Waals surface area contributed by atoms with Gasteiger partial charge in [-0.3, -0.25) is 4.90 Å². The molecule has 2 heterocycles. The molecule has 3 aromatic rings. The second kappa shape index (κ2) is 11.8. The number of nitrogens with one attached hydrogen (secondary N) is 1. The van der Waals surface area contributed by atoms with Gasteiger partial charge in [-0.05, 0) is 37.4 Å². The number of amides is 1. The van der Waals surface area contributed by atoms with Crippen molar-refractivity contribution >= 4 is 52.4 Å². The number of benzene rings is 2. The number of anilines is 4. The summed E-state index contributed by atoms with van der Waals surface area (Å²) in [6.45, 7) is 0.0320. The first-order valence-electron chi connectivity index (χ1n) is 11.2. The molecule has 1 fully saturated rings. The van der Waals surface area contributed by atoms with Crippen molar-refractivity contribution in [3.8, 4) is 11.5 Å². The molecular weight excluding hydrogens is 529 g/mol. The van der Waals surface area contributed by atoms with E-state index in [9.17, 15) is 13.6 Å². The Bertz CT molecular complexity index is 1260. The van der Waals surface area contributed by atoms with Crippen molar-refractivity contribution in [1.82, 2.24) is 14.9 Å². The molecule has 1 N–H and O–H groups in total. The van der Waals surface area contributed by atoms with Crippen LogP contribution in [-0.4, -0.2) is 67.8 Å². The number of nitrogens with zero attached hydrogens (tertiary/aromatic N) is 5. The number of carbonyl (C=O) groups is 1. The normalized spacial score (nSPS) is 14.0. The van der Waals surface area contributed by atoms with Gasteiger partial charge < -0.3 is 24.6 Å². The highest BCUT2D eigenvalue weighted by atomic mass is 35.5. The number of halogens is 4. The van der Waals surface area contributed by atoms with Gasteiger partial charge >= 0.3 is 12.7 Å². The van der Waals surface area contributed by atoms with Crippen LogP contribution in [0, 0.1) is 0 Å². The molecule has 0 saturated carbocycles. The monoisotopic (exact) mass is 552 g/mol. The summed E-state index contributed by atoms with van der Waals surface area (Å²) in [5.41, 5.74) is 1.01. The lowest BCUT2D eigenvalue weighted by atomic mass is 10.2. The zero-order valence-corrected chi connectivity index (χ0v) is 21.5. The van der Waals surface area contributed by atoms with Crippen LogP contribution < -0.4 is 24.6 Å². The molecule has 0 bridgehead atoms. The SMILES string of the molecule is CN1CCN(c2ccc(Nc3nccc(N(C)C(=O)Oc4cc(Cl)ccc4Cl)n3)cc2OC(F)F)CC1. The van der Waals surface area contributed by atoms with Crippen molar-refractivity contribution in [3.05, 3.63) is 58.7 Å². The molecule has 1 aliphatic rings. The van der Waals surface area contributed by atoms with Gasteiger partial charge in [0.1, 0.15) is 5.82 Å². The van der Waals surface area contributed by atoms with Crippen molar-refractivity contribution in [2.24, 2.45) is 0 Å². The Kier molecular flexibility index (Phi) is 8.47. The van der Waals surface area contributed by atoms with Gasteiger partial charge in [0.2, 0.25) is 5.95 Å². The molecule has 9 nitrogen and oxygen atoms in total. The summed E-state index contributed by atoms with van der Waals surface area (Å²) in [6, 6.07) is 10.9. The summed E-state index contributed by atoms with van der Waals surface area (Å²) >= 11 is 12.0. The third-order valence-corrected chi connectivity index (χ3v) is 6.17. The molecule has 0 radical (unpaired) electrons. The Morgan fingerprint density at radius 1 is 1.08 bits per heavy atom. The Balaban J connectivity index is 1.50. The predicted molar refractivity (Wildman–Crippen MR) is 139 cm³/mol. The maximum absolute atomic E-state index is 13.2. The Labute approximate surface area is 222 Å². The zero-order valence-electron chi connectivity index (χ0n) is 20.0. The Morgan fingerprint density at radius 2 is 1.84 bits per heavy atom. The van der Waals surface area contributed by atoms with Crippen molar-refractivity contribution in [2.75, 3.05) is 55.4 Å². The number of hydrogen-bond acceptors (Lipinski definition) is 8. The van der Waals surface area contributed by atoms with Crippen LogP contribution in [0.1, 0.15) is 0 Å². The molecule has 37 heavy (non-hydrogen) atoms. The number of hydrogen-bond donors (Lipinski definition) is 1. The van der Waals surface area contributed by atoms with E-state index in [1.54, 1.807) is 18.2 Å². The lowest BCUT2D eigenvalue weighted by molar-refractivity contribution is -0.0495. The van der Waals surface area contributed by atoms with Crippen LogP contribution in [0.4, 0.5) is 36.7 Å². The van der Waals surface area contributed by atoms with Crippen molar-refractivity contribution in [2.45, 2.75) is 6.61 Å². The number of rotatable bonds is 7. The topological polar surface area (TPSA) is 83.1 Å². The van der Waals surface area contributed by atoms with E-state index in [0.717, 1.165) is 18.0 Å². The van der Waals surface area contributed by atoms with E-state index < -0.39 is 12.7 Å². The molecule has 1 saturated heterocycles. The quantitative estimate of drug-likeness (QED) is 0.410. The summed E-state index contributed by atoms with van der Waals surface area (Å²) in [5, 5.41) is 3.54. The zero-order chi connectivity index (χ0) is 26.5. The Hall–Kier alpha value is -3.41. The van der Waals surface area contributed by atoms with Gasteiger partial charge in [-0.1, -0.05) is 23.2 Å². The van der Waals surface area contributed by atoms with E-state index in [4.69, 9.17) is 32.7 Å². The van der Waals surface area contributed by atoms with E-state index >= 15 is 0 Å². The minimum atomic E-state index is -2.98. The van der Waals surface area contributed by atoms with Crippen LogP contribution in [0.15, 0.2) is 48.7 Å². The number of likely N-dealkylation sites (N-methyl/N-ethyl adjacent to an activating group) is 1. The fourth-order valence-electron chi connectivity index (χ4n) is 3.63. The maximum Gasteiger partial charge on any atom is 0.420 e. The predicted octanol–water partition coefficient (Wildman–Crippen LogP) is 5.52. The average molecular weight is 553 g/mol. The van der Waals surface area contributed by atoms with Crippen LogP contribution in [0.5, 0.6) is 11.5 Å². The maximum atomic E-state index is 13.2. The lowest BCUT2D eigenvalue weighted by Gasteiger charge is -2.34. The van der Waals surface area contributed by atoms with E-state index in [2.05, 4.69) is 20.2 Å².